The predicted octanol–water partition coefficient (Wildman–Crippen LogP) is 2.00. The Balaban J connectivity index is 2.42. The van der Waals surface area contributed by atoms with Gasteiger partial charge in [0.1, 0.15) is 11.7 Å². The van der Waals surface area contributed by atoms with E-state index in [1.54, 1.807) is 6.20 Å². The number of aryl methyl sites for hydroxylation is 1. The summed E-state index contributed by atoms with van der Waals surface area (Å²) < 4.78 is 0. The Kier molecular flexibility index (Phi) is 3.98. The Labute approximate surface area is 116 Å². The summed E-state index contributed by atoms with van der Waals surface area (Å²) in [5.74, 6) is -1.55. The zero-order valence-electron chi connectivity index (χ0n) is 11.4. The van der Waals surface area contributed by atoms with Gasteiger partial charge in [0, 0.05) is 11.6 Å². The van der Waals surface area contributed by atoms with Gasteiger partial charge in [0.25, 0.3) is 5.91 Å². The lowest BCUT2D eigenvalue weighted by Crippen LogP contribution is -2.38. The fourth-order valence-corrected chi connectivity index (χ4v) is 1.94. The Morgan fingerprint density at radius 2 is 2.10 bits per heavy atom. The second kappa shape index (κ2) is 5.69. The number of pyridine rings is 1. The molecule has 0 saturated carbocycles. The highest BCUT2D eigenvalue weighted by atomic mass is 16.4. The lowest BCUT2D eigenvalue weighted by atomic mass is 10.0. The van der Waals surface area contributed by atoms with Gasteiger partial charge in [-0.1, -0.05) is 19.1 Å². The second-order valence-corrected chi connectivity index (χ2v) is 4.60. The van der Waals surface area contributed by atoms with Crippen LogP contribution >= 0.6 is 0 Å². The summed E-state index contributed by atoms with van der Waals surface area (Å²) in [6.07, 6.45) is 2.41. The van der Waals surface area contributed by atoms with Crippen LogP contribution in [0.4, 0.5) is 0 Å². The number of nitrogens with zero attached hydrogens (tertiary/aromatic N) is 1. The van der Waals surface area contributed by atoms with Crippen LogP contribution in [0.2, 0.25) is 0 Å². The smallest absolute Gasteiger partial charge is 0.325 e. The minimum absolute atomic E-state index is 0.255. The topological polar surface area (TPSA) is 79.3 Å². The third-order valence-corrected chi connectivity index (χ3v) is 3.17. The van der Waals surface area contributed by atoms with E-state index in [0.29, 0.717) is 0 Å². The summed E-state index contributed by atoms with van der Waals surface area (Å²) in [6, 6.07) is 6.74. The molecule has 0 aliphatic carbocycles. The first kappa shape index (κ1) is 14.0. The van der Waals surface area contributed by atoms with Crippen LogP contribution in [0.3, 0.4) is 0 Å². The Morgan fingerprint density at radius 1 is 1.35 bits per heavy atom. The Bertz CT molecular complexity index is 667. The van der Waals surface area contributed by atoms with Crippen LogP contribution in [0.25, 0.3) is 10.8 Å². The number of aliphatic carboxylic acids is 1. The fourth-order valence-electron chi connectivity index (χ4n) is 1.94. The third-order valence-electron chi connectivity index (χ3n) is 3.17. The lowest BCUT2D eigenvalue weighted by Gasteiger charge is -2.11. The van der Waals surface area contributed by atoms with Crippen molar-refractivity contribution in [1.29, 1.82) is 0 Å². The average molecular weight is 272 g/mol. The van der Waals surface area contributed by atoms with Gasteiger partial charge in [0.15, 0.2) is 0 Å². The molecule has 0 fully saturated rings. The maximum Gasteiger partial charge on any atom is 0.325 e. The van der Waals surface area contributed by atoms with Crippen molar-refractivity contribution in [2.45, 2.75) is 26.3 Å². The number of nitrogens with one attached hydrogen (secondary N) is 1. The van der Waals surface area contributed by atoms with Gasteiger partial charge in [-0.3, -0.25) is 14.6 Å². The number of carbonyl (C=O) groups excluding carboxylic acids is 1. The molecular weight excluding hydrogens is 256 g/mol. The number of carbonyl (C=O) groups is 2. The van der Waals surface area contributed by atoms with Crippen LogP contribution in [0, 0.1) is 0 Å². The molecule has 104 valence electrons. The third kappa shape index (κ3) is 2.77. The van der Waals surface area contributed by atoms with Gasteiger partial charge in [0.05, 0.1) is 0 Å². The molecule has 0 radical (unpaired) electrons. The lowest BCUT2D eigenvalue weighted by molar-refractivity contribution is -0.138. The molecule has 0 aliphatic rings. The first-order chi connectivity index (χ1) is 9.52. The van der Waals surface area contributed by atoms with Crippen LogP contribution in [0.5, 0.6) is 0 Å². The average Bonchev–Trinajstić information content (AvgIpc) is 2.45. The number of hydrogen-bond acceptors (Lipinski definition) is 3. The number of fused-ring (bicyclic) bond motifs is 1. The first-order valence-electron chi connectivity index (χ1n) is 6.44. The highest BCUT2D eigenvalue weighted by Crippen LogP contribution is 2.19. The predicted molar refractivity (Wildman–Crippen MR) is 75.7 cm³/mol. The minimum atomic E-state index is -1.08. The van der Waals surface area contributed by atoms with Crippen LogP contribution in [0.15, 0.2) is 30.5 Å². The number of carboxylic acid groups (broad SMARTS) is 1. The quantitative estimate of drug-likeness (QED) is 0.892. The molecule has 5 heteroatoms. The molecule has 20 heavy (non-hydrogen) atoms. The molecular formula is C15H16N2O3. The molecule has 1 aromatic heterocycles. The van der Waals surface area contributed by atoms with Crippen molar-refractivity contribution in [2.24, 2.45) is 0 Å². The zero-order valence-corrected chi connectivity index (χ0v) is 11.4. The minimum Gasteiger partial charge on any atom is -0.480 e. The molecule has 2 N–H and O–H groups in total. The number of benzene rings is 1. The molecule has 2 aromatic rings. The van der Waals surface area contributed by atoms with Crippen molar-refractivity contribution in [1.82, 2.24) is 10.3 Å². The standard InChI is InChI=1S/C15H16N2O3/c1-3-10-4-5-11-6-7-16-13(12(11)8-10)14(18)17-9(2)15(19)20/h4-9H,3H2,1-2H3,(H,17,18)(H,19,20). The van der Waals surface area contributed by atoms with Crippen LogP contribution in [-0.4, -0.2) is 28.0 Å². The van der Waals surface area contributed by atoms with Gasteiger partial charge < -0.3 is 10.4 Å². The summed E-state index contributed by atoms with van der Waals surface area (Å²) in [5, 5.41) is 12.9. The van der Waals surface area contributed by atoms with Gasteiger partial charge in [-0.15, -0.1) is 0 Å². The van der Waals surface area contributed by atoms with E-state index < -0.39 is 17.9 Å². The van der Waals surface area contributed by atoms with Crippen molar-refractivity contribution >= 4 is 22.6 Å². The molecule has 0 aliphatic heterocycles. The summed E-state index contributed by atoms with van der Waals surface area (Å²) in [7, 11) is 0. The maximum absolute atomic E-state index is 12.1. The Morgan fingerprint density at radius 3 is 2.75 bits per heavy atom. The summed E-state index contributed by atoms with van der Waals surface area (Å²) in [6.45, 7) is 3.45. The number of amides is 1. The van der Waals surface area contributed by atoms with Gasteiger partial charge >= 0.3 is 5.97 Å². The van der Waals surface area contributed by atoms with Crippen molar-refractivity contribution in [3.8, 4) is 0 Å². The number of hydrogen-bond donors (Lipinski definition) is 2. The molecule has 1 unspecified atom stereocenters. The number of rotatable bonds is 4. The molecule has 0 spiro atoms. The van der Waals surface area contributed by atoms with Crippen LogP contribution in [-0.2, 0) is 11.2 Å². The number of aromatic nitrogens is 1. The van der Waals surface area contributed by atoms with Crippen LogP contribution in [0.1, 0.15) is 29.9 Å². The van der Waals surface area contributed by atoms with E-state index in [-0.39, 0.29) is 5.69 Å². The van der Waals surface area contributed by atoms with E-state index in [4.69, 9.17) is 5.11 Å². The molecule has 1 atom stereocenters. The zero-order chi connectivity index (χ0) is 14.7. The van der Waals surface area contributed by atoms with E-state index in [2.05, 4.69) is 10.3 Å². The molecule has 1 aromatic carbocycles. The maximum atomic E-state index is 12.1. The summed E-state index contributed by atoms with van der Waals surface area (Å²) in [5.41, 5.74) is 1.36. The molecule has 0 bridgehead atoms. The van der Waals surface area contributed by atoms with E-state index in [9.17, 15) is 9.59 Å². The van der Waals surface area contributed by atoms with E-state index in [0.717, 1.165) is 22.8 Å². The Hall–Kier alpha value is -2.43. The molecule has 0 saturated heterocycles. The highest BCUT2D eigenvalue weighted by Gasteiger charge is 2.18. The SMILES string of the molecule is CCc1ccc2ccnc(C(=O)NC(C)C(=O)O)c2c1. The number of carboxylic acids is 1. The summed E-state index contributed by atoms with van der Waals surface area (Å²) >= 11 is 0. The molecule has 1 heterocycles. The normalized spacial score (nSPS) is 12.1. The van der Waals surface area contributed by atoms with Crippen LogP contribution < -0.4 is 5.32 Å². The van der Waals surface area contributed by atoms with Crippen molar-refractivity contribution in [3.05, 3.63) is 41.7 Å². The van der Waals surface area contributed by atoms with E-state index >= 15 is 0 Å². The van der Waals surface area contributed by atoms with Crippen molar-refractivity contribution in [3.63, 3.8) is 0 Å². The van der Waals surface area contributed by atoms with Gasteiger partial charge in [-0.05, 0) is 36.4 Å². The molecule has 5 nitrogen and oxygen atoms in total. The molecule has 1 amide bonds. The van der Waals surface area contributed by atoms with E-state index in [1.807, 2.05) is 31.2 Å². The van der Waals surface area contributed by atoms with Crippen molar-refractivity contribution < 1.29 is 14.7 Å². The first-order valence-corrected chi connectivity index (χ1v) is 6.44. The fraction of sp³-hybridized carbons (Fsp3) is 0.267. The van der Waals surface area contributed by atoms with E-state index in [1.165, 1.54) is 6.92 Å². The van der Waals surface area contributed by atoms with Gasteiger partial charge in [-0.25, -0.2) is 0 Å². The monoisotopic (exact) mass is 272 g/mol. The summed E-state index contributed by atoms with van der Waals surface area (Å²) in [4.78, 5) is 27.0. The molecule has 2 rings (SSSR count). The second-order valence-electron chi connectivity index (χ2n) is 4.60. The van der Waals surface area contributed by atoms with Gasteiger partial charge in [0.2, 0.25) is 0 Å². The highest BCUT2D eigenvalue weighted by molar-refractivity contribution is 6.06. The van der Waals surface area contributed by atoms with Gasteiger partial charge in [-0.2, -0.15) is 0 Å². The largest absolute Gasteiger partial charge is 0.480 e. The van der Waals surface area contributed by atoms with Crippen molar-refractivity contribution in [2.75, 3.05) is 0 Å².